The number of carbonyl (C=O) groups is 1. The molecule has 116 valence electrons. The topological polar surface area (TPSA) is 36.1 Å². The van der Waals surface area contributed by atoms with Gasteiger partial charge in [-0.3, -0.25) is 4.79 Å². The van der Waals surface area contributed by atoms with Crippen LogP contribution < -0.4 is 0 Å². The Hall–Kier alpha value is -2.55. The van der Waals surface area contributed by atoms with Gasteiger partial charge in [0, 0.05) is 35.1 Å². The zero-order valence-corrected chi connectivity index (χ0v) is 13.3. The van der Waals surface area contributed by atoms with Gasteiger partial charge in [0.1, 0.15) is 0 Å². The average molecular weight is 304 g/mol. The van der Waals surface area contributed by atoms with E-state index in [9.17, 15) is 4.79 Å². The number of aromatic nitrogens is 1. The zero-order valence-electron chi connectivity index (χ0n) is 13.3. The number of hydrogen-bond donors (Lipinski definition) is 1. The molecule has 0 unspecified atom stereocenters. The maximum Gasteiger partial charge on any atom is 0.223 e. The number of para-hydroxylation sites is 1. The first-order chi connectivity index (χ1) is 11.2. The summed E-state index contributed by atoms with van der Waals surface area (Å²) in [4.78, 5) is 18.0. The Labute approximate surface area is 135 Å². The van der Waals surface area contributed by atoms with Crippen molar-refractivity contribution in [2.75, 3.05) is 0 Å². The van der Waals surface area contributed by atoms with Gasteiger partial charge in [0.05, 0.1) is 6.04 Å². The normalized spacial score (nSPS) is 18.0. The van der Waals surface area contributed by atoms with Crippen LogP contribution in [0.1, 0.15) is 35.7 Å². The fraction of sp³-hybridized carbons (Fsp3) is 0.250. The lowest BCUT2D eigenvalue weighted by atomic mass is 10.0. The van der Waals surface area contributed by atoms with Crippen LogP contribution in [0.3, 0.4) is 0 Å². The van der Waals surface area contributed by atoms with Gasteiger partial charge in [-0.15, -0.1) is 0 Å². The van der Waals surface area contributed by atoms with E-state index in [0.29, 0.717) is 13.0 Å². The third kappa shape index (κ3) is 2.42. The van der Waals surface area contributed by atoms with Gasteiger partial charge < -0.3 is 9.88 Å². The predicted molar refractivity (Wildman–Crippen MR) is 92.0 cm³/mol. The summed E-state index contributed by atoms with van der Waals surface area (Å²) in [6, 6.07) is 18.8. The number of hydrogen-bond acceptors (Lipinski definition) is 1. The SMILES string of the molecule is Cc1[nH]c2ccccc2c1[C@H]1CCC(=O)N1Cc1ccccc1. The molecule has 2 heterocycles. The molecule has 3 aromatic rings. The van der Waals surface area contributed by atoms with E-state index in [1.54, 1.807) is 0 Å². The Bertz CT molecular complexity index is 850. The zero-order chi connectivity index (χ0) is 15.8. The van der Waals surface area contributed by atoms with Crippen LogP contribution in [0.4, 0.5) is 0 Å². The minimum absolute atomic E-state index is 0.166. The Morgan fingerprint density at radius 2 is 1.83 bits per heavy atom. The van der Waals surface area contributed by atoms with Gasteiger partial charge in [-0.1, -0.05) is 48.5 Å². The monoisotopic (exact) mass is 304 g/mol. The van der Waals surface area contributed by atoms with Crippen molar-refractivity contribution in [2.45, 2.75) is 32.4 Å². The lowest BCUT2D eigenvalue weighted by Gasteiger charge is -2.25. The highest BCUT2D eigenvalue weighted by molar-refractivity contribution is 5.87. The van der Waals surface area contributed by atoms with Crippen LogP contribution in [0.15, 0.2) is 54.6 Å². The number of likely N-dealkylation sites (tertiary alicyclic amines) is 1. The van der Waals surface area contributed by atoms with Crippen molar-refractivity contribution < 1.29 is 4.79 Å². The number of nitrogens with one attached hydrogen (secondary N) is 1. The third-order valence-corrected chi connectivity index (χ3v) is 4.80. The first kappa shape index (κ1) is 14.1. The summed E-state index contributed by atoms with van der Waals surface area (Å²) in [5.41, 5.74) is 4.79. The van der Waals surface area contributed by atoms with Crippen molar-refractivity contribution >= 4 is 16.8 Å². The number of fused-ring (bicyclic) bond motifs is 1. The van der Waals surface area contributed by atoms with E-state index in [1.807, 2.05) is 29.2 Å². The molecule has 1 saturated heterocycles. The maximum absolute atomic E-state index is 12.4. The molecule has 0 saturated carbocycles. The first-order valence-electron chi connectivity index (χ1n) is 8.14. The summed E-state index contributed by atoms with van der Waals surface area (Å²) in [7, 11) is 0. The molecule has 1 N–H and O–H groups in total. The van der Waals surface area contributed by atoms with Gasteiger partial charge in [-0.25, -0.2) is 0 Å². The van der Waals surface area contributed by atoms with Gasteiger partial charge in [0.2, 0.25) is 5.91 Å². The lowest BCUT2D eigenvalue weighted by molar-refractivity contribution is -0.129. The van der Waals surface area contributed by atoms with Crippen LogP contribution in [-0.4, -0.2) is 15.8 Å². The maximum atomic E-state index is 12.4. The molecule has 2 aromatic carbocycles. The Morgan fingerprint density at radius 1 is 1.09 bits per heavy atom. The summed E-state index contributed by atoms with van der Waals surface area (Å²) in [5.74, 6) is 0.253. The Balaban J connectivity index is 1.74. The van der Waals surface area contributed by atoms with Crippen molar-refractivity contribution in [3.05, 3.63) is 71.4 Å². The highest BCUT2D eigenvalue weighted by Gasteiger charge is 2.34. The van der Waals surface area contributed by atoms with E-state index in [0.717, 1.165) is 11.9 Å². The smallest absolute Gasteiger partial charge is 0.223 e. The number of aromatic amines is 1. The number of carbonyl (C=O) groups excluding carboxylic acids is 1. The summed E-state index contributed by atoms with van der Waals surface area (Å²) >= 11 is 0. The molecule has 1 aliphatic heterocycles. The van der Waals surface area contributed by atoms with Crippen LogP contribution in [0.25, 0.3) is 10.9 Å². The van der Waals surface area contributed by atoms with Crippen molar-refractivity contribution in [1.82, 2.24) is 9.88 Å². The summed E-state index contributed by atoms with van der Waals surface area (Å²) < 4.78 is 0. The van der Waals surface area contributed by atoms with E-state index >= 15 is 0 Å². The molecule has 0 bridgehead atoms. The minimum Gasteiger partial charge on any atom is -0.358 e. The quantitative estimate of drug-likeness (QED) is 0.767. The number of H-pyrrole nitrogens is 1. The molecule has 0 aliphatic carbocycles. The molecule has 23 heavy (non-hydrogen) atoms. The van der Waals surface area contributed by atoms with Gasteiger partial charge in [-0.2, -0.15) is 0 Å². The number of benzene rings is 2. The molecule has 1 aliphatic rings. The summed E-state index contributed by atoms with van der Waals surface area (Å²) in [6.07, 6.45) is 1.53. The van der Waals surface area contributed by atoms with Gasteiger partial charge in [0.25, 0.3) is 0 Å². The molecular weight excluding hydrogens is 284 g/mol. The van der Waals surface area contributed by atoms with E-state index in [4.69, 9.17) is 0 Å². The van der Waals surface area contributed by atoms with E-state index in [1.165, 1.54) is 22.2 Å². The van der Waals surface area contributed by atoms with Gasteiger partial charge in [-0.05, 0) is 25.0 Å². The number of amides is 1. The highest BCUT2D eigenvalue weighted by atomic mass is 16.2. The molecule has 0 spiro atoms. The first-order valence-corrected chi connectivity index (χ1v) is 8.14. The molecule has 4 rings (SSSR count). The Morgan fingerprint density at radius 3 is 2.65 bits per heavy atom. The van der Waals surface area contributed by atoms with Crippen LogP contribution in [-0.2, 0) is 11.3 Å². The number of rotatable bonds is 3. The number of aryl methyl sites for hydroxylation is 1. The highest BCUT2D eigenvalue weighted by Crippen LogP contribution is 2.39. The van der Waals surface area contributed by atoms with Gasteiger partial charge >= 0.3 is 0 Å². The second-order valence-corrected chi connectivity index (χ2v) is 6.27. The summed E-state index contributed by atoms with van der Waals surface area (Å²) in [5, 5.41) is 1.24. The second kappa shape index (κ2) is 5.58. The van der Waals surface area contributed by atoms with Gasteiger partial charge in [0.15, 0.2) is 0 Å². The van der Waals surface area contributed by atoms with Crippen LogP contribution in [0.2, 0.25) is 0 Å². The molecule has 1 fully saturated rings. The van der Waals surface area contributed by atoms with E-state index in [2.05, 4.69) is 42.2 Å². The van der Waals surface area contributed by atoms with Crippen LogP contribution in [0, 0.1) is 6.92 Å². The number of nitrogens with zero attached hydrogens (tertiary/aromatic N) is 1. The molecule has 1 aromatic heterocycles. The molecular formula is C20H20N2O. The standard InChI is InChI=1S/C20H20N2O/c1-14-20(16-9-5-6-10-17(16)21-14)18-11-12-19(23)22(18)13-15-7-3-2-4-8-15/h2-10,18,21H,11-13H2,1H3/t18-/m1/s1. The fourth-order valence-electron chi connectivity index (χ4n) is 3.74. The van der Waals surface area contributed by atoms with Crippen molar-refractivity contribution in [1.29, 1.82) is 0 Å². The van der Waals surface area contributed by atoms with Crippen LogP contribution in [0.5, 0.6) is 0 Å². The van der Waals surface area contributed by atoms with E-state index < -0.39 is 0 Å². The lowest BCUT2D eigenvalue weighted by Crippen LogP contribution is -2.27. The largest absolute Gasteiger partial charge is 0.358 e. The predicted octanol–water partition coefficient (Wildman–Crippen LogP) is 4.34. The summed E-state index contributed by atoms with van der Waals surface area (Å²) in [6.45, 7) is 2.79. The van der Waals surface area contributed by atoms with Crippen LogP contribution >= 0.6 is 0 Å². The molecule has 1 atom stereocenters. The van der Waals surface area contributed by atoms with Crippen molar-refractivity contribution in [3.8, 4) is 0 Å². The third-order valence-electron chi connectivity index (χ3n) is 4.80. The second-order valence-electron chi connectivity index (χ2n) is 6.27. The molecule has 0 radical (unpaired) electrons. The van der Waals surface area contributed by atoms with E-state index in [-0.39, 0.29) is 11.9 Å². The molecule has 1 amide bonds. The van der Waals surface area contributed by atoms with Crippen molar-refractivity contribution in [2.24, 2.45) is 0 Å². The minimum atomic E-state index is 0.166. The molecule has 3 nitrogen and oxygen atoms in total. The Kier molecular flexibility index (Phi) is 3.41. The molecule has 3 heteroatoms. The van der Waals surface area contributed by atoms with Crippen molar-refractivity contribution in [3.63, 3.8) is 0 Å². The fourth-order valence-corrected chi connectivity index (χ4v) is 3.74. The average Bonchev–Trinajstić information content (AvgIpc) is 3.08.